The average Bonchev–Trinajstić information content (AvgIpc) is 2.49. The smallest absolute Gasteiger partial charge is 0.306 e. The van der Waals surface area contributed by atoms with Crippen LogP contribution in [0, 0.1) is 12.8 Å². The van der Waals surface area contributed by atoms with E-state index in [0.717, 1.165) is 11.3 Å². The van der Waals surface area contributed by atoms with Gasteiger partial charge >= 0.3 is 5.97 Å². The lowest BCUT2D eigenvalue weighted by molar-refractivity contribution is -0.141. The van der Waals surface area contributed by atoms with E-state index in [2.05, 4.69) is 5.10 Å². The molecule has 0 amide bonds. The number of hydrogen-bond acceptors (Lipinski definition) is 3. The first-order valence-electron chi connectivity index (χ1n) is 5.58. The number of nitrogens with two attached hydrogens (primary N) is 1. The number of aromatic nitrogens is 2. The van der Waals surface area contributed by atoms with Crippen LogP contribution in [0.15, 0.2) is 0 Å². The van der Waals surface area contributed by atoms with E-state index in [1.54, 1.807) is 11.7 Å². The Bertz CT molecular complexity index is 404. The molecule has 0 aliphatic heterocycles. The molecule has 96 valence electrons. The normalized spacial score (nSPS) is 12.7. The van der Waals surface area contributed by atoms with Crippen LogP contribution in [0.4, 0.5) is 0 Å². The van der Waals surface area contributed by atoms with Gasteiger partial charge in [0.2, 0.25) is 0 Å². The Morgan fingerprint density at radius 3 is 2.71 bits per heavy atom. The van der Waals surface area contributed by atoms with Gasteiger partial charge in [0, 0.05) is 12.6 Å². The SMILES string of the molecule is Cc1nn(C)c(Cl)c1CC(CCCN)C(=O)O. The first kappa shape index (κ1) is 14.0. The van der Waals surface area contributed by atoms with E-state index in [9.17, 15) is 4.79 Å². The Balaban J connectivity index is 2.82. The van der Waals surface area contributed by atoms with E-state index < -0.39 is 11.9 Å². The summed E-state index contributed by atoms with van der Waals surface area (Å²) in [4.78, 5) is 11.1. The number of aryl methyl sites for hydroxylation is 2. The van der Waals surface area contributed by atoms with Crippen LogP contribution < -0.4 is 5.73 Å². The molecule has 6 heteroatoms. The molecule has 1 atom stereocenters. The van der Waals surface area contributed by atoms with Gasteiger partial charge in [-0.2, -0.15) is 5.10 Å². The van der Waals surface area contributed by atoms with Crippen molar-refractivity contribution in [1.82, 2.24) is 9.78 Å². The van der Waals surface area contributed by atoms with Crippen molar-refractivity contribution in [2.45, 2.75) is 26.2 Å². The van der Waals surface area contributed by atoms with Crippen LogP contribution in [0.5, 0.6) is 0 Å². The maximum absolute atomic E-state index is 11.1. The molecule has 5 nitrogen and oxygen atoms in total. The Kier molecular flexibility index (Phi) is 4.96. The molecule has 0 aliphatic rings. The number of halogens is 1. The molecule has 1 heterocycles. The van der Waals surface area contributed by atoms with Crippen LogP contribution in [-0.4, -0.2) is 27.4 Å². The van der Waals surface area contributed by atoms with E-state index in [0.29, 0.717) is 31.0 Å². The molecule has 17 heavy (non-hydrogen) atoms. The van der Waals surface area contributed by atoms with Gasteiger partial charge in [-0.3, -0.25) is 9.48 Å². The molecule has 0 saturated carbocycles. The maximum Gasteiger partial charge on any atom is 0.306 e. The van der Waals surface area contributed by atoms with Crippen LogP contribution in [0.1, 0.15) is 24.1 Å². The van der Waals surface area contributed by atoms with Crippen molar-refractivity contribution in [3.05, 3.63) is 16.4 Å². The third-order valence-corrected chi connectivity index (χ3v) is 3.30. The van der Waals surface area contributed by atoms with Gasteiger partial charge in [-0.15, -0.1) is 0 Å². The quantitative estimate of drug-likeness (QED) is 0.808. The predicted octanol–water partition coefficient (Wildman–Crippen LogP) is 1.36. The highest BCUT2D eigenvalue weighted by atomic mass is 35.5. The highest BCUT2D eigenvalue weighted by Gasteiger charge is 2.22. The zero-order valence-corrected chi connectivity index (χ0v) is 10.9. The number of aliphatic carboxylic acids is 1. The number of rotatable bonds is 6. The second kappa shape index (κ2) is 6.02. The first-order valence-corrected chi connectivity index (χ1v) is 5.96. The summed E-state index contributed by atoms with van der Waals surface area (Å²) < 4.78 is 1.56. The van der Waals surface area contributed by atoms with Gasteiger partial charge in [0.15, 0.2) is 0 Å². The van der Waals surface area contributed by atoms with Crippen LogP contribution in [0.25, 0.3) is 0 Å². The monoisotopic (exact) mass is 259 g/mol. The minimum absolute atomic E-state index is 0.411. The third-order valence-electron chi connectivity index (χ3n) is 2.83. The minimum atomic E-state index is -0.808. The molecule has 0 aliphatic carbocycles. The summed E-state index contributed by atoms with van der Waals surface area (Å²) in [5.74, 6) is -1.25. The second-order valence-electron chi connectivity index (χ2n) is 4.15. The van der Waals surface area contributed by atoms with Crippen molar-refractivity contribution in [3.8, 4) is 0 Å². The van der Waals surface area contributed by atoms with Crippen molar-refractivity contribution in [3.63, 3.8) is 0 Å². The molecule has 0 radical (unpaired) electrons. The summed E-state index contributed by atoms with van der Waals surface area (Å²) in [6.07, 6.45) is 1.68. The lowest BCUT2D eigenvalue weighted by Gasteiger charge is -2.11. The topological polar surface area (TPSA) is 81.1 Å². The Morgan fingerprint density at radius 1 is 1.65 bits per heavy atom. The molecule has 0 saturated heterocycles. The fourth-order valence-corrected chi connectivity index (χ4v) is 2.08. The molecule has 0 spiro atoms. The Morgan fingerprint density at radius 2 is 2.29 bits per heavy atom. The standard InChI is InChI=1S/C11H18ClN3O2/c1-7-9(10(12)15(2)14-7)6-8(11(16)17)4-3-5-13/h8H,3-6,13H2,1-2H3,(H,16,17). The molecule has 0 fully saturated rings. The van der Waals surface area contributed by atoms with E-state index in [-0.39, 0.29) is 0 Å². The zero-order valence-electron chi connectivity index (χ0n) is 10.1. The van der Waals surface area contributed by atoms with Crippen LogP contribution in [0.2, 0.25) is 5.15 Å². The van der Waals surface area contributed by atoms with Gasteiger partial charge in [0.05, 0.1) is 11.6 Å². The molecule has 1 unspecified atom stereocenters. The first-order chi connectivity index (χ1) is 7.97. The summed E-state index contributed by atoms with van der Waals surface area (Å²) in [7, 11) is 1.74. The van der Waals surface area contributed by atoms with Crippen molar-refractivity contribution in [2.24, 2.45) is 18.7 Å². The van der Waals surface area contributed by atoms with E-state index in [1.165, 1.54) is 0 Å². The van der Waals surface area contributed by atoms with E-state index >= 15 is 0 Å². The fraction of sp³-hybridized carbons (Fsp3) is 0.636. The lowest BCUT2D eigenvalue weighted by Crippen LogP contribution is -2.18. The number of carboxylic acids is 1. The second-order valence-corrected chi connectivity index (χ2v) is 4.51. The van der Waals surface area contributed by atoms with Gasteiger partial charge in [0.1, 0.15) is 5.15 Å². The highest BCUT2D eigenvalue weighted by molar-refractivity contribution is 6.30. The Labute approximate surface area is 106 Å². The number of carbonyl (C=O) groups is 1. The molecule has 0 aromatic carbocycles. The molecule has 1 rings (SSSR count). The largest absolute Gasteiger partial charge is 0.481 e. The number of carboxylic acid groups (broad SMARTS) is 1. The number of hydrogen-bond donors (Lipinski definition) is 2. The molecule has 0 bridgehead atoms. The molecule has 3 N–H and O–H groups in total. The third kappa shape index (κ3) is 3.44. The van der Waals surface area contributed by atoms with Gasteiger partial charge in [-0.05, 0) is 32.7 Å². The van der Waals surface area contributed by atoms with Crippen molar-refractivity contribution < 1.29 is 9.90 Å². The fourth-order valence-electron chi connectivity index (χ4n) is 1.83. The summed E-state index contributed by atoms with van der Waals surface area (Å²) >= 11 is 6.08. The van der Waals surface area contributed by atoms with Gasteiger partial charge in [0.25, 0.3) is 0 Å². The molecular weight excluding hydrogens is 242 g/mol. The lowest BCUT2D eigenvalue weighted by atomic mass is 9.95. The highest BCUT2D eigenvalue weighted by Crippen LogP contribution is 2.24. The molecule has 1 aromatic heterocycles. The Hall–Kier alpha value is -1.07. The zero-order chi connectivity index (χ0) is 13.0. The van der Waals surface area contributed by atoms with Crippen LogP contribution in [-0.2, 0) is 18.3 Å². The predicted molar refractivity (Wildman–Crippen MR) is 66.1 cm³/mol. The minimum Gasteiger partial charge on any atom is -0.481 e. The van der Waals surface area contributed by atoms with Crippen molar-refractivity contribution in [2.75, 3.05) is 6.54 Å². The van der Waals surface area contributed by atoms with Gasteiger partial charge in [-0.25, -0.2) is 0 Å². The van der Waals surface area contributed by atoms with Crippen LogP contribution >= 0.6 is 11.6 Å². The number of nitrogens with zero attached hydrogens (tertiary/aromatic N) is 2. The van der Waals surface area contributed by atoms with E-state index in [4.69, 9.17) is 22.4 Å². The van der Waals surface area contributed by atoms with Crippen molar-refractivity contribution in [1.29, 1.82) is 0 Å². The van der Waals surface area contributed by atoms with Crippen LogP contribution in [0.3, 0.4) is 0 Å². The molecular formula is C11H18ClN3O2. The summed E-state index contributed by atoms with van der Waals surface area (Å²) in [5.41, 5.74) is 7.01. The van der Waals surface area contributed by atoms with Gasteiger partial charge in [-0.1, -0.05) is 11.6 Å². The van der Waals surface area contributed by atoms with Gasteiger partial charge < -0.3 is 10.8 Å². The summed E-state index contributed by atoms with van der Waals surface area (Å²) in [6.45, 7) is 2.34. The summed E-state index contributed by atoms with van der Waals surface area (Å²) in [6, 6.07) is 0. The molecule has 1 aromatic rings. The van der Waals surface area contributed by atoms with Crippen molar-refractivity contribution >= 4 is 17.6 Å². The summed E-state index contributed by atoms with van der Waals surface area (Å²) in [5, 5.41) is 13.8. The van der Waals surface area contributed by atoms with E-state index in [1.807, 2.05) is 6.92 Å². The average molecular weight is 260 g/mol. The maximum atomic E-state index is 11.1.